The van der Waals surface area contributed by atoms with Crippen LogP contribution in [0.25, 0.3) is 0 Å². The summed E-state index contributed by atoms with van der Waals surface area (Å²) in [5.74, 6) is 0.558. The largest absolute Gasteiger partial charge is 0.434 e. The van der Waals surface area contributed by atoms with Crippen LogP contribution < -0.4 is 10.6 Å². The minimum absolute atomic E-state index is 0. The van der Waals surface area contributed by atoms with E-state index in [1.54, 1.807) is 0 Å². The molecule has 1 saturated heterocycles. The monoisotopic (exact) mass is 522 g/mol. The highest BCUT2D eigenvalue weighted by Crippen LogP contribution is 2.30. The van der Waals surface area contributed by atoms with Gasteiger partial charge in [0.25, 0.3) is 0 Å². The summed E-state index contributed by atoms with van der Waals surface area (Å²) < 4.78 is 48.8. The first kappa shape index (κ1) is 24.4. The molecule has 1 aliphatic heterocycles. The van der Waals surface area contributed by atoms with Gasteiger partial charge in [0.15, 0.2) is 11.7 Å². The first-order valence-corrected chi connectivity index (χ1v) is 9.60. The van der Waals surface area contributed by atoms with E-state index in [-0.39, 0.29) is 36.6 Å². The summed E-state index contributed by atoms with van der Waals surface area (Å²) in [6, 6.07) is 0. The SMILES string of the molecule is CCNC(=NCc1nc(C(F)(F)F)cs1)NCCCOC1CCOCC1.I. The Kier molecular flexibility index (Phi) is 11.5. The lowest BCUT2D eigenvalue weighted by Crippen LogP contribution is -2.38. The highest BCUT2D eigenvalue weighted by Gasteiger charge is 2.33. The van der Waals surface area contributed by atoms with E-state index in [1.165, 1.54) is 0 Å². The molecule has 0 aliphatic carbocycles. The van der Waals surface area contributed by atoms with Crippen molar-refractivity contribution in [1.29, 1.82) is 0 Å². The standard InChI is InChI=1S/C16H25F3N4O2S.HI/c1-2-20-15(21-6-3-7-25-12-4-8-24-9-5-12)22-10-14-23-13(11-26-14)16(17,18)19;/h11-12H,2-10H2,1H3,(H2,20,21,22);1H. The van der Waals surface area contributed by atoms with Crippen molar-refractivity contribution >= 4 is 41.3 Å². The number of thiazole rings is 1. The minimum Gasteiger partial charge on any atom is -0.381 e. The molecule has 156 valence electrons. The number of nitrogens with zero attached hydrogens (tertiary/aromatic N) is 2. The van der Waals surface area contributed by atoms with Crippen molar-refractivity contribution in [3.05, 3.63) is 16.1 Å². The molecular weight excluding hydrogens is 496 g/mol. The van der Waals surface area contributed by atoms with Crippen LogP contribution in [0.1, 0.15) is 36.9 Å². The number of hydrogen-bond donors (Lipinski definition) is 2. The average Bonchev–Trinajstić information content (AvgIpc) is 3.09. The minimum atomic E-state index is -4.41. The second kappa shape index (κ2) is 12.7. The molecule has 1 aliphatic rings. The molecule has 1 aromatic rings. The van der Waals surface area contributed by atoms with E-state index in [0.29, 0.717) is 30.7 Å². The van der Waals surface area contributed by atoms with Crippen LogP contribution in [0.4, 0.5) is 13.2 Å². The summed E-state index contributed by atoms with van der Waals surface area (Å²) in [6.07, 6.45) is -1.45. The van der Waals surface area contributed by atoms with Gasteiger partial charge in [-0.05, 0) is 26.2 Å². The van der Waals surface area contributed by atoms with Crippen molar-refractivity contribution in [2.24, 2.45) is 4.99 Å². The van der Waals surface area contributed by atoms with Gasteiger partial charge in [-0.2, -0.15) is 13.2 Å². The lowest BCUT2D eigenvalue weighted by atomic mass is 10.1. The molecule has 27 heavy (non-hydrogen) atoms. The summed E-state index contributed by atoms with van der Waals surface area (Å²) in [4.78, 5) is 7.86. The van der Waals surface area contributed by atoms with Crippen molar-refractivity contribution in [3.63, 3.8) is 0 Å². The van der Waals surface area contributed by atoms with Crippen LogP contribution in [-0.2, 0) is 22.2 Å². The number of halogens is 4. The van der Waals surface area contributed by atoms with E-state index >= 15 is 0 Å². The van der Waals surface area contributed by atoms with Gasteiger partial charge in [0.05, 0.1) is 12.6 Å². The maximum Gasteiger partial charge on any atom is 0.434 e. The Morgan fingerprint density at radius 1 is 1.37 bits per heavy atom. The van der Waals surface area contributed by atoms with E-state index in [2.05, 4.69) is 20.6 Å². The molecule has 0 bridgehead atoms. The summed E-state index contributed by atoms with van der Waals surface area (Å²) in [5.41, 5.74) is -0.865. The predicted octanol–water partition coefficient (Wildman–Crippen LogP) is 3.42. The highest BCUT2D eigenvalue weighted by molar-refractivity contribution is 14.0. The number of alkyl halides is 3. The van der Waals surface area contributed by atoms with E-state index in [4.69, 9.17) is 9.47 Å². The maximum absolute atomic E-state index is 12.6. The van der Waals surface area contributed by atoms with E-state index in [1.807, 2.05) is 6.92 Å². The van der Waals surface area contributed by atoms with E-state index in [9.17, 15) is 13.2 Å². The van der Waals surface area contributed by atoms with Crippen molar-refractivity contribution in [3.8, 4) is 0 Å². The van der Waals surface area contributed by atoms with Crippen LogP contribution in [-0.4, -0.2) is 50.0 Å². The van der Waals surface area contributed by atoms with Gasteiger partial charge in [-0.3, -0.25) is 0 Å². The molecule has 1 aromatic heterocycles. The van der Waals surface area contributed by atoms with Crippen LogP contribution in [0.3, 0.4) is 0 Å². The number of rotatable bonds is 8. The van der Waals surface area contributed by atoms with Gasteiger partial charge in [-0.25, -0.2) is 9.98 Å². The summed E-state index contributed by atoms with van der Waals surface area (Å²) in [5, 5.41) is 7.56. The summed E-state index contributed by atoms with van der Waals surface area (Å²) in [6.45, 7) is 5.53. The first-order chi connectivity index (χ1) is 12.5. The molecule has 2 rings (SSSR count). The Balaban J connectivity index is 0.00000364. The summed E-state index contributed by atoms with van der Waals surface area (Å²) in [7, 11) is 0. The topological polar surface area (TPSA) is 67.8 Å². The van der Waals surface area contributed by atoms with Crippen molar-refractivity contribution in [1.82, 2.24) is 15.6 Å². The smallest absolute Gasteiger partial charge is 0.381 e. The predicted molar refractivity (Wildman–Crippen MR) is 110 cm³/mol. The van der Waals surface area contributed by atoms with Gasteiger partial charge in [-0.15, -0.1) is 35.3 Å². The third-order valence-electron chi connectivity index (χ3n) is 3.69. The zero-order chi connectivity index (χ0) is 18.8. The second-order valence-corrected chi connectivity index (χ2v) is 6.72. The number of guanidine groups is 1. The molecule has 0 spiro atoms. The third-order valence-corrected chi connectivity index (χ3v) is 4.53. The fourth-order valence-corrected chi connectivity index (χ4v) is 3.10. The van der Waals surface area contributed by atoms with Crippen LogP contribution in [0.5, 0.6) is 0 Å². The van der Waals surface area contributed by atoms with Crippen LogP contribution in [0, 0.1) is 0 Å². The Morgan fingerprint density at radius 2 is 2.11 bits per heavy atom. The van der Waals surface area contributed by atoms with Gasteiger partial charge in [-0.1, -0.05) is 0 Å². The van der Waals surface area contributed by atoms with Crippen molar-refractivity contribution in [2.75, 3.05) is 32.9 Å². The van der Waals surface area contributed by atoms with E-state index < -0.39 is 11.9 Å². The van der Waals surface area contributed by atoms with E-state index in [0.717, 1.165) is 49.2 Å². The molecule has 0 radical (unpaired) electrons. The van der Waals surface area contributed by atoms with Gasteiger partial charge in [0.1, 0.15) is 5.01 Å². The van der Waals surface area contributed by atoms with Crippen LogP contribution in [0.15, 0.2) is 10.4 Å². The quantitative estimate of drug-likeness (QED) is 0.237. The fourth-order valence-electron chi connectivity index (χ4n) is 2.37. The molecule has 0 unspecified atom stereocenters. The number of hydrogen-bond acceptors (Lipinski definition) is 5. The maximum atomic E-state index is 12.6. The lowest BCUT2D eigenvalue weighted by Gasteiger charge is -2.22. The first-order valence-electron chi connectivity index (χ1n) is 8.72. The molecule has 0 aromatic carbocycles. The number of aromatic nitrogens is 1. The molecule has 0 saturated carbocycles. The zero-order valence-corrected chi connectivity index (χ0v) is 18.3. The average molecular weight is 522 g/mol. The summed E-state index contributed by atoms with van der Waals surface area (Å²) >= 11 is 0.960. The normalized spacial score (nSPS) is 16.1. The number of ether oxygens (including phenoxy) is 2. The number of nitrogens with one attached hydrogen (secondary N) is 2. The third kappa shape index (κ3) is 9.39. The Hall–Kier alpha value is -0.660. The molecule has 11 heteroatoms. The van der Waals surface area contributed by atoms with Gasteiger partial charge in [0.2, 0.25) is 0 Å². The van der Waals surface area contributed by atoms with Gasteiger partial charge < -0.3 is 20.1 Å². The van der Waals surface area contributed by atoms with Crippen molar-refractivity contribution in [2.45, 2.75) is 45.0 Å². The van der Waals surface area contributed by atoms with Crippen molar-refractivity contribution < 1.29 is 22.6 Å². The van der Waals surface area contributed by atoms with Crippen LogP contribution in [0.2, 0.25) is 0 Å². The number of aliphatic imine (C=N–C) groups is 1. The Labute approximate surface area is 178 Å². The fraction of sp³-hybridized carbons (Fsp3) is 0.750. The molecule has 1 fully saturated rings. The molecule has 2 heterocycles. The Morgan fingerprint density at radius 3 is 2.74 bits per heavy atom. The zero-order valence-electron chi connectivity index (χ0n) is 15.2. The molecule has 6 nitrogen and oxygen atoms in total. The molecule has 0 amide bonds. The second-order valence-electron chi connectivity index (χ2n) is 5.78. The Bertz CT molecular complexity index is 566. The molecular formula is C16H26F3IN4O2S. The van der Waals surface area contributed by atoms with Gasteiger partial charge >= 0.3 is 6.18 Å². The molecule has 2 N–H and O–H groups in total. The van der Waals surface area contributed by atoms with Gasteiger partial charge in [0, 0.05) is 38.3 Å². The highest BCUT2D eigenvalue weighted by atomic mass is 127. The molecule has 0 atom stereocenters. The van der Waals surface area contributed by atoms with Crippen LogP contribution >= 0.6 is 35.3 Å². The lowest BCUT2D eigenvalue weighted by molar-refractivity contribution is -0.140.